The van der Waals surface area contributed by atoms with Gasteiger partial charge in [-0.3, -0.25) is 0 Å². The highest BCUT2D eigenvalue weighted by Gasteiger charge is 2.14. The van der Waals surface area contributed by atoms with Crippen LogP contribution in [-0.2, 0) is 0 Å². The van der Waals surface area contributed by atoms with E-state index < -0.39 is 0 Å². The number of hydrogen-bond donors (Lipinski definition) is 0. The van der Waals surface area contributed by atoms with E-state index in [0.29, 0.717) is 6.54 Å². The summed E-state index contributed by atoms with van der Waals surface area (Å²) in [4.78, 5) is 0. The van der Waals surface area contributed by atoms with Crippen molar-refractivity contribution in [3.8, 4) is 0 Å². The van der Waals surface area contributed by atoms with Crippen molar-refractivity contribution >= 4 is 0 Å². The summed E-state index contributed by atoms with van der Waals surface area (Å²) in [6, 6.07) is 0. The van der Waals surface area contributed by atoms with Crippen LogP contribution in [-0.4, -0.2) is 24.3 Å². The molecule has 2 nitrogen and oxygen atoms in total. The molecule has 0 N–H and O–H groups in total. The van der Waals surface area contributed by atoms with Crippen LogP contribution >= 0.6 is 0 Å². The van der Waals surface area contributed by atoms with Crippen LogP contribution in [0, 0.1) is 5.21 Å². The highest BCUT2D eigenvalue weighted by Crippen LogP contribution is 2.14. The lowest BCUT2D eigenvalue weighted by molar-refractivity contribution is -0.875. The fraction of sp³-hybridized carbons (Fsp3) is 0.895. The van der Waals surface area contributed by atoms with E-state index >= 15 is 0 Å². The van der Waals surface area contributed by atoms with Crippen LogP contribution in [0.5, 0.6) is 0 Å². The van der Waals surface area contributed by atoms with Crippen molar-refractivity contribution in [2.75, 3.05) is 19.6 Å². The number of rotatable bonds is 16. The van der Waals surface area contributed by atoms with Crippen LogP contribution in [0.3, 0.4) is 0 Å². The van der Waals surface area contributed by atoms with Gasteiger partial charge in [-0.05, 0) is 31.8 Å². The summed E-state index contributed by atoms with van der Waals surface area (Å²) in [5.41, 5.74) is 0. The van der Waals surface area contributed by atoms with Crippen molar-refractivity contribution in [1.82, 2.24) is 0 Å². The van der Waals surface area contributed by atoms with Gasteiger partial charge in [0.2, 0.25) is 0 Å². The van der Waals surface area contributed by atoms with Crippen LogP contribution in [0.25, 0.3) is 0 Å². The Kier molecular flexibility index (Phi) is 14.4. The third-order valence-electron chi connectivity index (χ3n) is 4.30. The first kappa shape index (κ1) is 20.7. The minimum atomic E-state index is -0.0367. The van der Waals surface area contributed by atoms with Crippen molar-refractivity contribution in [3.05, 3.63) is 17.9 Å². The Labute approximate surface area is 133 Å². The zero-order valence-corrected chi connectivity index (χ0v) is 14.7. The lowest BCUT2D eigenvalue weighted by atomic mass is 10.1. The third kappa shape index (κ3) is 13.1. The summed E-state index contributed by atoms with van der Waals surface area (Å²) in [5.74, 6) is 0. The molecule has 126 valence electrons. The molecule has 0 fully saturated rings. The SMILES string of the molecule is C=CC[N+]([O-])(CCCCCCCC)CCCCCCCC. The molecule has 21 heavy (non-hydrogen) atoms. The molecule has 0 aliphatic rings. The Hall–Kier alpha value is -0.340. The van der Waals surface area contributed by atoms with Gasteiger partial charge in [-0.25, -0.2) is 0 Å². The van der Waals surface area contributed by atoms with Gasteiger partial charge in [-0.2, -0.15) is 0 Å². The third-order valence-corrected chi connectivity index (χ3v) is 4.30. The van der Waals surface area contributed by atoms with Gasteiger partial charge < -0.3 is 9.85 Å². The van der Waals surface area contributed by atoms with Gasteiger partial charge in [-0.15, -0.1) is 0 Å². The Balaban J connectivity index is 3.75. The first-order valence-corrected chi connectivity index (χ1v) is 9.36. The van der Waals surface area contributed by atoms with Crippen LogP contribution in [0.1, 0.15) is 90.9 Å². The Morgan fingerprint density at radius 3 is 1.48 bits per heavy atom. The van der Waals surface area contributed by atoms with E-state index in [2.05, 4.69) is 20.4 Å². The highest BCUT2D eigenvalue weighted by molar-refractivity contribution is 4.67. The van der Waals surface area contributed by atoms with Gasteiger partial charge in [-0.1, -0.05) is 71.8 Å². The van der Waals surface area contributed by atoms with Gasteiger partial charge in [0.05, 0.1) is 19.6 Å². The Morgan fingerprint density at radius 1 is 0.714 bits per heavy atom. The summed E-state index contributed by atoms with van der Waals surface area (Å²) in [6.07, 6.45) is 16.9. The molecular weight excluding hydrogens is 258 g/mol. The predicted molar refractivity (Wildman–Crippen MR) is 95.2 cm³/mol. The van der Waals surface area contributed by atoms with Crippen LogP contribution in [0.2, 0.25) is 0 Å². The quantitative estimate of drug-likeness (QED) is 0.144. The standard InChI is InChI=1S/C19H39NO/c1-4-7-9-11-13-15-18-20(21,17-6-3)19-16-14-12-10-8-5-2/h6H,3-5,7-19H2,1-2H3. The normalized spacial score (nSPS) is 11.8. The number of unbranched alkanes of at least 4 members (excludes halogenated alkanes) is 10. The fourth-order valence-electron chi connectivity index (χ4n) is 2.89. The smallest absolute Gasteiger partial charge is 0.0968 e. The van der Waals surface area contributed by atoms with E-state index in [1.165, 1.54) is 64.2 Å². The molecule has 0 bridgehead atoms. The average Bonchev–Trinajstić information content (AvgIpc) is 2.47. The molecule has 0 unspecified atom stereocenters. The molecule has 2 heteroatoms. The lowest BCUT2D eigenvalue weighted by Crippen LogP contribution is -2.43. The van der Waals surface area contributed by atoms with E-state index in [0.717, 1.165) is 25.9 Å². The maximum absolute atomic E-state index is 12.7. The molecule has 0 saturated heterocycles. The molecule has 0 radical (unpaired) electrons. The molecule has 0 aromatic heterocycles. The number of nitrogens with zero attached hydrogens (tertiary/aromatic N) is 1. The summed E-state index contributed by atoms with van der Waals surface area (Å²) < 4.78 is -0.0367. The molecule has 0 heterocycles. The highest BCUT2D eigenvalue weighted by atomic mass is 16.5. The average molecular weight is 298 g/mol. The molecule has 0 saturated carbocycles. The zero-order chi connectivity index (χ0) is 15.8. The molecule has 0 amide bonds. The van der Waals surface area contributed by atoms with Gasteiger partial charge >= 0.3 is 0 Å². The van der Waals surface area contributed by atoms with Gasteiger partial charge in [0.1, 0.15) is 0 Å². The Morgan fingerprint density at radius 2 is 1.10 bits per heavy atom. The van der Waals surface area contributed by atoms with Crippen molar-refractivity contribution in [3.63, 3.8) is 0 Å². The van der Waals surface area contributed by atoms with Crippen LogP contribution in [0.4, 0.5) is 0 Å². The van der Waals surface area contributed by atoms with Crippen LogP contribution < -0.4 is 0 Å². The second-order valence-corrected chi connectivity index (χ2v) is 6.51. The largest absolute Gasteiger partial charge is 0.633 e. The molecule has 0 aromatic rings. The van der Waals surface area contributed by atoms with Crippen molar-refractivity contribution in [2.45, 2.75) is 90.9 Å². The van der Waals surface area contributed by atoms with E-state index in [1.54, 1.807) is 6.08 Å². The second kappa shape index (κ2) is 14.6. The zero-order valence-electron chi connectivity index (χ0n) is 14.7. The Bertz CT molecular complexity index is 212. The van der Waals surface area contributed by atoms with Gasteiger partial charge in [0.25, 0.3) is 0 Å². The minimum absolute atomic E-state index is 0.0367. The van der Waals surface area contributed by atoms with Crippen molar-refractivity contribution < 1.29 is 4.65 Å². The van der Waals surface area contributed by atoms with Gasteiger partial charge in [0.15, 0.2) is 0 Å². The van der Waals surface area contributed by atoms with E-state index in [9.17, 15) is 5.21 Å². The van der Waals surface area contributed by atoms with Crippen molar-refractivity contribution in [2.24, 2.45) is 0 Å². The summed E-state index contributed by atoms with van der Waals surface area (Å²) >= 11 is 0. The topological polar surface area (TPSA) is 23.1 Å². The molecular formula is C19H39NO. The number of hydrogen-bond acceptors (Lipinski definition) is 1. The maximum atomic E-state index is 12.7. The molecule has 0 atom stereocenters. The molecule has 0 aliphatic heterocycles. The molecule has 0 aliphatic carbocycles. The monoisotopic (exact) mass is 297 g/mol. The molecule has 0 spiro atoms. The van der Waals surface area contributed by atoms with Crippen LogP contribution in [0.15, 0.2) is 12.7 Å². The second-order valence-electron chi connectivity index (χ2n) is 6.51. The van der Waals surface area contributed by atoms with E-state index in [4.69, 9.17) is 0 Å². The van der Waals surface area contributed by atoms with E-state index in [1.807, 2.05) is 0 Å². The summed E-state index contributed by atoms with van der Waals surface area (Å²) in [6.45, 7) is 10.4. The van der Waals surface area contributed by atoms with Gasteiger partial charge in [0, 0.05) is 0 Å². The minimum Gasteiger partial charge on any atom is -0.633 e. The first-order chi connectivity index (χ1) is 10.2. The predicted octanol–water partition coefficient (Wildman–Crippen LogP) is 6.21. The number of hydroxylamine groups is 3. The van der Waals surface area contributed by atoms with E-state index in [-0.39, 0.29) is 4.65 Å². The number of quaternary nitrogens is 1. The maximum Gasteiger partial charge on any atom is 0.0968 e. The fourth-order valence-corrected chi connectivity index (χ4v) is 2.89. The first-order valence-electron chi connectivity index (χ1n) is 9.36. The summed E-state index contributed by atoms with van der Waals surface area (Å²) in [7, 11) is 0. The lowest BCUT2D eigenvalue weighted by Gasteiger charge is -2.42. The summed E-state index contributed by atoms with van der Waals surface area (Å²) in [5, 5.41) is 12.7. The van der Waals surface area contributed by atoms with Crippen molar-refractivity contribution in [1.29, 1.82) is 0 Å². The molecule has 0 aromatic carbocycles. The molecule has 0 rings (SSSR count).